The van der Waals surface area contributed by atoms with Crippen LogP contribution in [-0.4, -0.2) is 9.97 Å². The number of rotatable bonds is 15. The van der Waals surface area contributed by atoms with Gasteiger partial charge in [0.1, 0.15) is 0 Å². The van der Waals surface area contributed by atoms with Gasteiger partial charge in [0.05, 0.1) is 11.4 Å². The van der Waals surface area contributed by atoms with Crippen LogP contribution in [0.3, 0.4) is 0 Å². The molecule has 4 heteroatoms. The van der Waals surface area contributed by atoms with Crippen LogP contribution in [0.15, 0.2) is 403 Å². The SMILES string of the molecule is c1ccc(-c2cccc(-c3cc(-c4cccc(-c5ccccc5)c4)nc(-c4cc(S(c5ccccc5)(c5ccccc5)c5cccc(-c6ccccc6)c5)cc(S(c5ccccc5)(c5ccccc5)c5cccc(-c6ccccc6)c5)c4)n3)c2)cc1. The molecule has 0 radical (unpaired) electrons. The average molecular weight is 1140 g/mol. The Morgan fingerprint density at radius 2 is 0.384 bits per heavy atom. The van der Waals surface area contributed by atoms with Gasteiger partial charge in [0.2, 0.25) is 0 Å². The summed E-state index contributed by atoms with van der Waals surface area (Å²) < 4.78 is 0. The van der Waals surface area contributed by atoms with Gasteiger partial charge in [0.25, 0.3) is 0 Å². The molecule has 0 bridgehead atoms. The van der Waals surface area contributed by atoms with Gasteiger partial charge in [-0.2, -0.15) is 0 Å². The fourth-order valence-electron chi connectivity index (χ4n) is 12.0. The maximum atomic E-state index is 5.81. The van der Waals surface area contributed by atoms with Gasteiger partial charge in [0, 0.05) is 55.9 Å². The van der Waals surface area contributed by atoms with E-state index in [2.05, 4.69) is 364 Å². The first-order chi connectivity index (χ1) is 42.6. The highest BCUT2D eigenvalue weighted by Crippen LogP contribution is 2.78. The lowest BCUT2D eigenvalue weighted by molar-refractivity contribution is 1.15. The molecule has 14 rings (SSSR count). The van der Waals surface area contributed by atoms with Crippen molar-refractivity contribution in [2.75, 3.05) is 0 Å². The van der Waals surface area contributed by atoms with E-state index in [1.807, 2.05) is 0 Å². The lowest BCUT2D eigenvalue weighted by Gasteiger charge is -2.45. The van der Waals surface area contributed by atoms with Gasteiger partial charge < -0.3 is 0 Å². The highest BCUT2D eigenvalue weighted by atomic mass is 32.3. The van der Waals surface area contributed by atoms with E-state index in [1.165, 1.54) is 50.3 Å². The summed E-state index contributed by atoms with van der Waals surface area (Å²) in [5.74, 6) is 0.635. The fourth-order valence-corrected chi connectivity index (χ4v) is 20.0. The second kappa shape index (κ2) is 24.1. The van der Waals surface area contributed by atoms with Crippen LogP contribution >= 0.6 is 20.1 Å². The smallest absolute Gasteiger partial charge is 0.160 e. The Kier molecular flexibility index (Phi) is 15.0. The van der Waals surface area contributed by atoms with Crippen molar-refractivity contribution in [2.24, 2.45) is 0 Å². The zero-order valence-electron chi connectivity index (χ0n) is 47.4. The average Bonchev–Trinajstić information content (AvgIpc) is 1.14. The Bertz CT molecular complexity index is 4230. The Morgan fingerprint density at radius 1 is 0.151 bits per heavy atom. The van der Waals surface area contributed by atoms with Crippen molar-refractivity contribution in [3.8, 4) is 78.4 Å². The van der Waals surface area contributed by atoms with Crippen LogP contribution in [0.1, 0.15) is 0 Å². The Labute approximate surface area is 508 Å². The molecule has 0 aliphatic rings. The van der Waals surface area contributed by atoms with Crippen LogP contribution in [-0.2, 0) is 0 Å². The molecule has 0 N–H and O–H groups in total. The van der Waals surface area contributed by atoms with E-state index in [0.717, 1.165) is 61.5 Å². The molecule has 86 heavy (non-hydrogen) atoms. The molecule has 0 aliphatic heterocycles. The fraction of sp³-hybridized carbons (Fsp3) is 0. The number of benzene rings is 13. The maximum Gasteiger partial charge on any atom is 0.160 e. The van der Waals surface area contributed by atoms with Gasteiger partial charge >= 0.3 is 0 Å². The molecule has 1 aromatic heterocycles. The van der Waals surface area contributed by atoms with Crippen molar-refractivity contribution < 1.29 is 0 Å². The van der Waals surface area contributed by atoms with E-state index >= 15 is 0 Å². The van der Waals surface area contributed by atoms with E-state index in [0.29, 0.717) is 5.82 Å². The number of hydrogen-bond acceptors (Lipinski definition) is 2. The topological polar surface area (TPSA) is 25.8 Å². The monoisotopic (exact) mass is 1140 g/mol. The predicted octanol–water partition coefficient (Wildman–Crippen LogP) is 22.8. The minimum absolute atomic E-state index is 0.635. The molecule has 0 unspecified atom stereocenters. The van der Waals surface area contributed by atoms with Crippen molar-refractivity contribution in [1.29, 1.82) is 0 Å². The molecule has 2 nitrogen and oxygen atoms in total. The second-order valence-corrected chi connectivity index (χ2v) is 27.5. The van der Waals surface area contributed by atoms with E-state index in [9.17, 15) is 0 Å². The molecule has 0 fully saturated rings. The Hall–Kier alpha value is -10.4. The minimum Gasteiger partial charge on any atom is -0.228 e. The van der Waals surface area contributed by atoms with Gasteiger partial charge in [-0.05, 0) is 154 Å². The first-order valence-corrected chi connectivity index (χ1v) is 32.4. The minimum atomic E-state index is -2.39. The van der Waals surface area contributed by atoms with Crippen molar-refractivity contribution >= 4 is 20.1 Å². The van der Waals surface area contributed by atoms with Gasteiger partial charge in [-0.25, -0.2) is 9.97 Å². The van der Waals surface area contributed by atoms with Crippen LogP contribution in [0, 0.1) is 0 Å². The third kappa shape index (κ3) is 10.4. The molecule has 0 amide bonds. The third-order valence-electron chi connectivity index (χ3n) is 16.1. The lowest BCUT2D eigenvalue weighted by atomic mass is 9.99. The molecule has 0 atom stereocenters. The number of nitrogens with zero attached hydrogens (tertiary/aromatic N) is 2. The standard InChI is InChI=1S/C82H60N2S2/c1-9-29-61(30-10-1)65-37-25-41-69(53-65)80-60-81(70-42-26-38-66(54-70)62-31-11-2-12-32-62)84-82(83-80)71-57-78(85(72-43-17-5-18-44-72,73-45-19-6-20-46-73)76-51-27-39-67(55-76)63-33-13-3-14-34-63)59-79(58-71)86(74-47-21-7-22-48-74,75-49-23-8-24-50-75)77-52-28-40-68(56-77)64-35-15-4-16-36-64/h1-60H. The van der Waals surface area contributed by atoms with Crippen LogP contribution in [0.5, 0.6) is 0 Å². The molecule has 410 valence electrons. The number of aromatic nitrogens is 2. The van der Waals surface area contributed by atoms with Crippen LogP contribution in [0.25, 0.3) is 78.4 Å². The zero-order chi connectivity index (χ0) is 57.5. The predicted molar refractivity (Wildman–Crippen MR) is 360 cm³/mol. The van der Waals surface area contributed by atoms with Crippen LogP contribution in [0.2, 0.25) is 0 Å². The Morgan fingerprint density at radius 3 is 0.698 bits per heavy atom. The lowest BCUT2D eigenvalue weighted by Crippen LogP contribution is -2.10. The van der Waals surface area contributed by atoms with Crippen molar-refractivity contribution in [3.63, 3.8) is 0 Å². The molecule has 13 aromatic carbocycles. The molecule has 0 saturated heterocycles. The summed E-state index contributed by atoms with van der Waals surface area (Å²) in [7, 11) is -4.78. The molecule has 0 saturated carbocycles. The molecular weight excluding hydrogens is 1080 g/mol. The van der Waals surface area contributed by atoms with Gasteiger partial charge in [-0.15, -0.1) is 20.1 Å². The van der Waals surface area contributed by atoms with Crippen molar-refractivity contribution in [1.82, 2.24) is 9.97 Å². The summed E-state index contributed by atoms with van der Waals surface area (Å²) in [6.07, 6.45) is 0. The van der Waals surface area contributed by atoms with Gasteiger partial charge in [-0.1, -0.05) is 255 Å². The van der Waals surface area contributed by atoms with Crippen LogP contribution < -0.4 is 0 Å². The van der Waals surface area contributed by atoms with Crippen molar-refractivity contribution in [2.45, 2.75) is 39.2 Å². The molecule has 0 aliphatic carbocycles. The number of hydrogen-bond donors (Lipinski definition) is 0. The van der Waals surface area contributed by atoms with E-state index < -0.39 is 20.1 Å². The highest BCUT2D eigenvalue weighted by molar-refractivity contribution is 8.34. The van der Waals surface area contributed by atoms with E-state index in [4.69, 9.17) is 9.97 Å². The normalized spacial score (nSPS) is 11.9. The largest absolute Gasteiger partial charge is 0.228 e. The third-order valence-corrected chi connectivity index (χ3v) is 23.8. The summed E-state index contributed by atoms with van der Waals surface area (Å²) >= 11 is 0. The summed E-state index contributed by atoms with van der Waals surface area (Å²) in [5, 5.41) is 0. The van der Waals surface area contributed by atoms with Gasteiger partial charge in [0.15, 0.2) is 5.82 Å². The first kappa shape index (κ1) is 53.6. The highest BCUT2D eigenvalue weighted by Gasteiger charge is 2.39. The summed E-state index contributed by atoms with van der Waals surface area (Å²) in [5.41, 5.74) is 13.8. The van der Waals surface area contributed by atoms with Gasteiger partial charge in [-0.3, -0.25) is 0 Å². The van der Waals surface area contributed by atoms with E-state index in [1.54, 1.807) is 0 Å². The van der Waals surface area contributed by atoms with Crippen molar-refractivity contribution in [3.05, 3.63) is 364 Å². The van der Waals surface area contributed by atoms with Crippen LogP contribution in [0.4, 0.5) is 0 Å². The summed E-state index contributed by atoms with van der Waals surface area (Å²) in [4.78, 5) is 21.3. The summed E-state index contributed by atoms with van der Waals surface area (Å²) in [6, 6.07) is 134. The molecule has 1 heterocycles. The summed E-state index contributed by atoms with van der Waals surface area (Å²) in [6.45, 7) is 0. The quantitative estimate of drug-likeness (QED) is 0.102. The maximum absolute atomic E-state index is 5.81. The molecule has 14 aromatic rings. The Balaban J connectivity index is 1.14. The van der Waals surface area contributed by atoms with E-state index in [-0.39, 0.29) is 0 Å². The molecular formula is C82H60N2S2. The molecule has 0 spiro atoms. The zero-order valence-corrected chi connectivity index (χ0v) is 49.0. The first-order valence-electron chi connectivity index (χ1n) is 29.2. The second-order valence-electron chi connectivity index (χ2n) is 21.3.